The lowest BCUT2D eigenvalue weighted by molar-refractivity contribution is -0.112. The van der Waals surface area contributed by atoms with E-state index in [2.05, 4.69) is 10.2 Å². The van der Waals surface area contributed by atoms with Gasteiger partial charge in [0.15, 0.2) is 0 Å². The second-order valence-corrected chi connectivity index (χ2v) is 5.95. The van der Waals surface area contributed by atoms with Crippen molar-refractivity contribution >= 4 is 23.2 Å². The molecule has 0 saturated carbocycles. The molecule has 0 unspecified atom stereocenters. The molecule has 2 rings (SSSR count). The number of amides is 1. The molecule has 5 heteroatoms. The Bertz CT molecular complexity index is 611. The van der Waals surface area contributed by atoms with Gasteiger partial charge >= 0.3 is 0 Å². The summed E-state index contributed by atoms with van der Waals surface area (Å²) in [6.07, 6.45) is 6.30. The van der Waals surface area contributed by atoms with Gasteiger partial charge in [0.05, 0.1) is 0 Å². The van der Waals surface area contributed by atoms with Crippen molar-refractivity contribution in [2.24, 2.45) is 0 Å². The third-order valence-corrected chi connectivity index (χ3v) is 4.00. The first-order valence-electron chi connectivity index (χ1n) is 7.53. The summed E-state index contributed by atoms with van der Waals surface area (Å²) < 4.78 is 0. The van der Waals surface area contributed by atoms with Crippen molar-refractivity contribution < 1.29 is 4.79 Å². The second-order valence-electron chi connectivity index (χ2n) is 5.52. The molecule has 1 aliphatic rings. The first-order chi connectivity index (χ1) is 10.6. The third kappa shape index (κ3) is 4.51. The highest BCUT2D eigenvalue weighted by Crippen LogP contribution is 2.21. The van der Waals surface area contributed by atoms with E-state index in [9.17, 15) is 10.1 Å². The Balaban J connectivity index is 2.11. The normalized spacial score (nSPS) is 15.9. The van der Waals surface area contributed by atoms with Gasteiger partial charge in [-0.05, 0) is 37.5 Å². The van der Waals surface area contributed by atoms with Crippen LogP contribution in [0, 0.1) is 18.3 Å². The monoisotopic (exact) mass is 317 g/mol. The molecule has 1 fully saturated rings. The van der Waals surface area contributed by atoms with Crippen LogP contribution in [0.2, 0.25) is 5.02 Å². The number of hydrogen-bond acceptors (Lipinski definition) is 3. The largest absolute Gasteiger partial charge is 0.376 e. The number of carbonyl (C=O) groups excluding carboxylic acids is 1. The summed E-state index contributed by atoms with van der Waals surface area (Å²) in [5.41, 5.74) is 1.67. The first-order valence-corrected chi connectivity index (χ1v) is 7.91. The molecule has 0 aliphatic carbocycles. The highest BCUT2D eigenvalue weighted by molar-refractivity contribution is 6.31. The van der Waals surface area contributed by atoms with Crippen LogP contribution in [0.3, 0.4) is 0 Å². The van der Waals surface area contributed by atoms with Crippen LogP contribution in [0.1, 0.15) is 31.2 Å². The zero-order chi connectivity index (χ0) is 15.9. The van der Waals surface area contributed by atoms with Crippen molar-refractivity contribution in [3.05, 3.63) is 40.6 Å². The van der Waals surface area contributed by atoms with Crippen LogP contribution in [0.15, 0.2) is 30.0 Å². The lowest BCUT2D eigenvalue weighted by atomic mass is 10.2. The summed E-state index contributed by atoms with van der Waals surface area (Å²) in [4.78, 5) is 14.4. The number of anilines is 1. The molecule has 1 N–H and O–H groups in total. The number of nitrogens with zero attached hydrogens (tertiary/aromatic N) is 2. The van der Waals surface area contributed by atoms with E-state index in [1.165, 1.54) is 12.8 Å². The van der Waals surface area contributed by atoms with Gasteiger partial charge in [-0.2, -0.15) is 5.26 Å². The molecule has 0 bridgehead atoms. The SMILES string of the molecule is Cc1ccc(Cl)cc1NC(=O)/C(C#N)=C\N1CCCCCC1. The number of hydrogen-bond donors (Lipinski definition) is 1. The molecule has 0 spiro atoms. The molecule has 22 heavy (non-hydrogen) atoms. The highest BCUT2D eigenvalue weighted by atomic mass is 35.5. The fourth-order valence-electron chi connectivity index (χ4n) is 2.46. The van der Waals surface area contributed by atoms with Crippen LogP contribution in [-0.4, -0.2) is 23.9 Å². The summed E-state index contributed by atoms with van der Waals surface area (Å²) in [6, 6.07) is 7.29. The highest BCUT2D eigenvalue weighted by Gasteiger charge is 2.14. The average Bonchev–Trinajstić information content (AvgIpc) is 2.77. The lowest BCUT2D eigenvalue weighted by Gasteiger charge is -2.18. The van der Waals surface area contributed by atoms with Crippen LogP contribution in [0.5, 0.6) is 0 Å². The van der Waals surface area contributed by atoms with Crippen molar-refractivity contribution in [3.8, 4) is 6.07 Å². The summed E-state index contributed by atoms with van der Waals surface area (Å²) in [6.45, 7) is 3.68. The summed E-state index contributed by atoms with van der Waals surface area (Å²) in [7, 11) is 0. The minimum Gasteiger partial charge on any atom is -0.376 e. The van der Waals surface area contributed by atoms with Crippen LogP contribution in [0.25, 0.3) is 0 Å². The van der Waals surface area contributed by atoms with E-state index in [1.807, 2.05) is 19.1 Å². The number of nitrogens with one attached hydrogen (secondary N) is 1. The lowest BCUT2D eigenvalue weighted by Crippen LogP contribution is -2.22. The maximum Gasteiger partial charge on any atom is 0.267 e. The van der Waals surface area contributed by atoms with E-state index in [4.69, 9.17) is 11.6 Å². The molecule has 1 heterocycles. The fraction of sp³-hybridized carbons (Fsp3) is 0.412. The fourth-order valence-corrected chi connectivity index (χ4v) is 2.64. The van der Waals surface area contributed by atoms with Gasteiger partial charge in [0.1, 0.15) is 11.6 Å². The Morgan fingerprint density at radius 3 is 2.64 bits per heavy atom. The molecule has 116 valence electrons. The van der Waals surface area contributed by atoms with Crippen LogP contribution >= 0.6 is 11.6 Å². The Labute approximate surface area is 136 Å². The molecule has 0 radical (unpaired) electrons. The van der Waals surface area contributed by atoms with E-state index in [0.717, 1.165) is 31.5 Å². The second kappa shape index (κ2) is 7.86. The Hall–Kier alpha value is -1.99. The smallest absolute Gasteiger partial charge is 0.267 e. The minimum absolute atomic E-state index is 0.126. The standard InChI is InChI=1S/C17H20ClN3O/c1-13-6-7-15(18)10-16(13)20-17(22)14(11-19)12-21-8-4-2-3-5-9-21/h6-7,10,12H,2-5,8-9H2,1H3,(H,20,22)/b14-12-. The third-order valence-electron chi connectivity index (χ3n) is 3.77. The van der Waals surface area contributed by atoms with Gasteiger partial charge in [-0.1, -0.05) is 30.5 Å². The van der Waals surface area contributed by atoms with Crippen molar-refractivity contribution in [2.75, 3.05) is 18.4 Å². The molecule has 1 aromatic rings. The van der Waals surface area contributed by atoms with Gasteiger partial charge in [-0.3, -0.25) is 4.79 Å². The molecule has 1 aliphatic heterocycles. The van der Waals surface area contributed by atoms with Gasteiger partial charge in [-0.15, -0.1) is 0 Å². The Morgan fingerprint density at radius 2 is 2.00 bits per heavy atom. The maximum absolute atomic E-state index is 12.3. The molecule has 1 amide bonds. The van der Waals surface area contributed by atoms with Crippen molar-refractivity contribution in [1.82, 2.24) is 4.90 Å². The van der Waals surface area contributed by atoms with Crippen LogP contribution in [-0.2, 0) is 4.79 Å². The molecular formula is C17H20ClN3O. The van der Waals surface area contributed by atoms with Gasteiger partial charge in [0, 0.05) is 30.0 Å². The quantitative estimate of drug-likeness (QED) is 0.680. The summed E-state index contributed by atoms with van der Waals surface area (Å²) in [5.74, 6) is -0.392. The topological polar surface area (TPSA) is 56.1 Å². The summed E-state index contributed by atoms with van der Waals surface area (Å²) >= 11 is 5.95. The number of halogens is 1. The molecule has 0 aromatic heterocycles. The predicted molar refractivity (Wildman–Crippen MR) is 88.6 cm³/mol. The minimum atomic E-state index is -0.392. The van der Waals surface area contributed by atoms with Crippen LogP contribution in [0.4, 0.5) is 5.69 Å². The number of aryl methyl sites for hydroxylation is 1. The summed E-state index contributed by atoms with van der Waals surface area (Å²) in [5, 5.41) is 12.6. The molecular weight excluding hydrogens is 298 g/mol. The van der Waals surface area contributed by atoms with Crippen LogP contribution < -0.4 is 5.32 Å². The molecule has 4 nitrogen and oxygen atoms in total. The van der Waals surface area contributed by atoms with Gasteiger partial charge in [-0.25, -0.2) is 0 Å². The number of carbonyl (C=O) groups is 1. The molecule has 0 atom stereocenters. The van der Waals surface area contributed by atoms with Gasteiger partial charge in [0.25, 0.3) is 5.91 Å². The number of nitriles is 1. The zero-order valence-corrected chi connectivity index (χ0v) is 13.5. The van der Waals surface area contributed by atoms with Crippen molar-refractivity contribution in [2.45, 2.75) is 32.6 Å². The van der Waals surface area contributed by atoms with E-state index < -0.39 is 5.91 Å². The van der Waals surface area contributed by atoms with Crippen molar-refractivity contribution in [3.63, 3.8) is 0 Å². The Morgan fingerprint density at radius 1 is 1.32 bits per heavy atom. The number of benzene rings is 1. The molecule has 1 aromatic carbocycles. The maximum atomic E-state index is 12.3. The first kappa shape index (κ1) is 16.4. The van der Waals surface area contributed by atoms with Gasteiger partial charge in [0.2, 0.25) is 0 Å². The Kier molecular flexibility index (Phi) is 5.85. The van der Waals surface area contributed by atoms with E-state index in [1.54, 1.807) is 18.3 Å². The number of rotatable bonds is 3. The van der Waals surface area contributed by atoms with Crippen molar-refractivity contribution in [1.29, 1.82) is 5.26 Å². The zero-order valence-electron chi connectivity index (χ0n) is 12.7. The average molecular weight is 318 g/mol. The predicted octanol–water partition coefficient (Wildman–Crippen LogP) is 3.87. The molecule has 1 saturated heterocycles. The van der Waals surface area contributed by atoms with E-state index in [0.29, 0.717) is 10.7 Å². The van der Waals surface area contributed by atoms with E-state index in [-0.39, 0.29) is 5.57 Å². The van der Waals surface area contributed by atoms with Gasteiger partial charge < -0.3 is 10.2 Å². The number of likely N-dealkylation sites (tertiary alicyclic amines) is 1. The van der Waals surface area contributed by atoms with E-state index >= 15 is 0 Å².